The zero-order valence-corrected chi connectivity index (χ0v) is 12.4. The molecule has 0 heterocycles. The Morgan fingerprint density at radius 1 is 1.00 bits per heavy atom. The molecule has 0 saturated carbocycles. The van der Waals surface area contributed by atoms with E-state index < -0.39 is 0 Å². The lowest BCUT2D eigenvalue weighted by molar-refractivity contribution is -0.116. The van der Waals surface area contributed by atoms with Crippen LogP contribution in [0.1, 0.15) is 18.9 Å². The average molecular weight is 297 g/mol. The molecule has 22 heavy (non-hydrogen) atoms. The van der Waals surface area contributed by atoms with Crippen LogP contribution in [0.3, 0.4) is 0 Å². The van der Waals surface area contributed by atoms with Crippen LogP contribution in [0.4, 0.5) is 17.1 Å². The number of benzene rings is 2. The molecule has 5 nitrogen and oxygen atoms in total. The van der Waals surface area contributed by atoms with E-state index in [1.807, 2.05) is 24.3 Å². The van der Waals surface area contributed by atoms with E-state index in [4.69, 9.17) is 5.73 Å². The van der Waals surface area contributed by atoms with Crippen LogP contribution >= 0.6 is 0 Å². The quantitative estimate of drug-likeness (QED) is 0.742. The van der Waals surface area contributed by atoms with Crippen LogP contribution in [-0.4, -0.2) is 11.8 Å². The number of hydrogen-bond donors (Lipinski definition) is 3. The lowest BCUT2D eigenvalue weighted by atomic mass is 10.1. The molecule has 0 aliphatic rings. The van der Waals surface area contributed by atoms with E-state index in [1.165, 1.54) is 6.92 Å². The van der Waals surface area contributed by atoms with Crippen LogP contribution in [-0.2, 0) is 16.0 Å². The third-order valence-electron chi connectivity index (χ3n) is 3.06. The van der Waals surface area contributed by atoms with Crippen LogP contribution in [0.25, 0.3) is 0 Å². The number of rotatable bonds is 5. The molecule has 2 amide bonds. The van der Waals surface area contributed by atoms with Crippen LogP contribution in [0, 0.1) is 0 Å². The van der Waals surface area contributed by atoms with Gasteiger partial charge in [-0.05, 0) is 42.3 Å². The van der Waals surface area contributed by atoms with Crippen molar-refractivity contribution in [2.45, 2.75) is 19.8 Å². The molecule has 0 radical (unpaired) electrons. The Morgan fingerprint density at radius 2 is 1.68 bits per heavy atom. The molecule has 0 fully saturated rings. The van der Waals surface area contributed by atoms with Gasteiger partial charge in [0, 0.05) is 30.4 Å². The predicted octanol–water partition coefficient (Wildman–Crippen LogP) is 2.80. The first kappa shape index (κ1) is 15.6. The normalized spacial score (nSPS) is 10.0. The van der Waals surface area contributed by atoms with Gasteiger partial charge >= 0.3 is 0 Å². The number of nitrogen functional groups attached to an aromatic ring is 1. The van der Waals surface area contributed by atoms with E-state index in [2.05, 4.69) is 10.6 Å². The second-order valence-corrected chi connectivity index (χ2v) is 5.06. The Morgan fingerprint density at radius 3 is 2.36 bits per heavy atom. The highest BCUT2D eigenvalue weighted by Gasteiger charge is 2.05. The lowest BCUT2D eigenvalue weighted by Gasteiger charge is -2.08. The van der Waals surface area contributed by atoms with E-state index in [-0.39, 0.29) is 11.8 Å². The molecule has 0 saturated heterocycles. The highest BCUT2D eigenvalue weighted by molar-refractivity contribution is 5.93. The largest absolute Gasteiger partial charge is 0.399 e. The van der Waals surface area contributed by atoms with Gasteiger partial charge in [0.2, 0.25) is 11.8 Å². The Labute approximate surface area is 129 Å². The number of anilines is 3. The zero-order valence-electron chi connectivity index (χ0n) is 12.4. The number of amides is 2. The summed E-state index contributed by atoms with van der Waals surface area (Å²) in [6.07, 6.45) is 0.996. The third kappa shape index (κ3) is 4.94. The van der Waals surface area contributed by atoms with E-state index in [0.717, 1.165) is 5.56 Å². The first-order chi connectivity index (χ1) is 10.5. The molecule has 0 spiro atoms. The van der Waals surface area contributed by atoms with Crippen LogP contribution in [0.15, 0.2) is 48.5 Å². The Kier molecular flexibility index (Phi) is 5.14. The molecule has 0 aromatic heterocycles. The number of nitrogens with two attached hydrogens (primary N) is 1. The molecule has 2 aromatic carbocycles. The van der Waals surface area contributed by atoms with Gasteiger partial charge in [0.15, 0.2) is 0 Å². The standard InChI is InChI=1S/C17H19N3O2/c1-12(21)19-15-6-3-7-16(11-15)20-17(22)9-8-13-4-2-5-14(18)10-13/h2-7,10-11H,8-9,18H2,1H3,(H,19,21)(H,20,22). The molecular formula is C17H19N3O2. The fourth-order valence-electron chi connectivity index (χ4n) is 2.11. The maximum Gasteiger partial charge on any atom is 0.224 e. The van der Waals surface area contributed by atoms with Crippen molar-refractivity contribution in [3.63, 3.8) is 0 Å². The van der Waals surface area contributed by atoms with Gasteiger partial charge in [0.25, 0.3) is 0 Å². The summed E-state index contributed by atoms with van der Waals surface area (Å²) in [7, 11) is 0. The molecule has 5 heteroatoms. The third-order valence-corrected chi connectivity index (χ3v) is 3.06. The van der Waals surface area contributed by atoms with Gasteiger partial charge in [0.05, 0.1) is 0 Å². The summed E-state index contributed by atoms with van der Waals surface area (Å²) in [5, 5.41) is 5.50. The molecule has 2 rings (SSSR count). The first-order valence-corrected chi connectivity index (χ1v) is 7.05. The van der Waals surface area contributed by atoms with Crippen molar-refractivity contribution in [1.29, 1.82) is 0 Å². The molecule has 0 unspecified atom stereocenters. The van der Waals surface area contributed by atoms with Gasteiger partial charge in [0.1, 0.15) is 0 Å². The molecule has 0 aliphatic heterocycles. The van der Waals surface area contributed by atoms with E-state index in [9.17, 15) is 9.59 Å². The Hall–Kier alpha value is -2.82. The minimum atomic E-state index is -0.148. The average Bonchev–Trinajstić information content (AvgIpc) is 2.45. The molecule has 0 aliphatic carbocycles. The second-order valence-electron chi connectivity index (χ2n) is 5.06. The Bertz CT molecular complexity index is 683. The summed E-state index contributed by atoms with van der Waals surface area (Å²) in [6.45, 7) is 1.44. The summed E-state index contributed by atoms with van der Waals surface area (Å²) < 4.78 is 0. The number of hydrogen-bond acceptors (Lipinski definition) is 3. The van der Waals surface area contributed by atoms with Gasteiger partial charge in [-0.25, -0.2) is 0 Å². The van der Waals surface area contributed by atoms with Crippen molar-refractivity contribution in [3.8, 4) is 0 Å². The maximum atomic E-state index is 12.0. The lowest BCUT2D eigenvalue weighted by Crippen LogP contribution is -2.13. The van der Waals surface area contributed by atoms with Gasteiger partial charge in [-0.1, -0.05) is 18.2 Å². The molecule has 0 atom stereocenters. The van der Waals surface area contributed by atoms with E-state index in [1.54, 1.807) is 24.3 Å². The predicted molar refractivity (Wildman–Crippen MR) is 88.6 cm³/mol. The van der Waals surface area contributed by atoms with Gasteiger partial charge in [-0.15, -0.1) is 0 Å². The molecular weight excluding hydrogens is 278 g/mol. The van der Waals surface area contributed by atoms with Crippen LogP contribution < -0.4 is 16.4 Å². The van der Waals surface area contributed by atoms with Crippen molar-refractivity contribution in [2.75, 3.05) is 16.4 Å². The summed E-state index contributed by atoms with van der Waals surface area (Å²) >= 11 is 0. The summed E-state index contributed by atoms with van der Waals surface area (Å²) in [5.41, 5.74) is 8.75. The van der Waals surface area contributed by atoms with Gasteiger partial charge in [-0.2, -0.15) is 0 Å². The van der Waals surface area contributed by atoms with E-state index in [0.29, 0.717) is 29.9 Å². The smallest absolute Gasteiger partial charge is 0.224 e. The summed E-state index contributed by atoms with van der Waals surface area (Å²) in [6, 6.07) is 14.5. The number of carbonyl (C=O) groups is 2. The topological polar surface area (TPSA) is 84.2 Å². The zero-order chi connectivity index (χ0) is 15.9. The van der Waals surface area contributed by atoms with Crippen molar-refractivity contribution in [3.05, 3.63) is 54.1 Å². The fraction of sp³-hybridized carbons (Fsp3) is 0.176. The minimum Gasteiger partial charge on any atom is -0.399 e. The fourth-order valence-corrected chi connectivity index (χ4v) is 2.11. The van der Waals surface area contributed by atoms with Crippen molar-refractivity contribution >= 4 is 28.9 Å². The monoisotopic (exact) mass is 297 g/mol. The Balaban J connectivity index is 1.90. The first-order valence-electron chi connectivity index (χ1n) is 7.05. The SMILES string of the molecule is CC(=O)Nc1cccc(NC(=O)CCc2cccc(N)c2)c1. The van der Waals surface area contributed by atoms with E-state index >= 15 is 0 Å². The van der Waals surface area contributed by atoms with Crippen molar-refractivity contribution < 1.29 is 9.59 Å². The van der Waals surface area contributed by atoms with Crippen LogP contribution in [0.2, 0.25) is 0 Å². The summed E-state index contributed by atoms with van der Waals surface area (Å²) in [5.74, 6) is -0.229. The molecule has 4 N–H and O–H groups in total. The highest BCUT2D eigenvalue weighted by Crippen LogP contribution is 2.16. The number of aryl methyl sites for hydroxylation is 1. The highest BCUT2D eigenvalue weighted by atomic mass is 16.2. The van der Waals surface area contributed by atoms with Gasteiger partial charge in [-0.3, -0.25) is 9.59 Å². The maximum absolute atomic E-state index is 12.0. The van der Waals surface area contributed by atoms with Crippen molar-refractivity contribution in [2.24, 2.45) is 0 Å². The molecule has 0 bridgehead atoms. The van der Waals surface area contributed by atoms with Gasteiger partial charge < -0.3 is 16.4 Å². The molecule has 2 aromatic rings. The number of nitrogens with one attached hydrogen (secondary N) is 2. The van der Waals surface area contributed by atoms with Crippen LogP contribution in [0.5, 0.6) is 0 Å². The molecule has 114 valence electrons. The minimum absolute atomic E-state index is 0.0811. The second kappa shape index (κ2) is 7.26. The van der Waals surface area contributed by atoms with Crippen molar-refractivity contribution in [1.82, 2.24) is 0 Å². The summed E-state index contributed by atoms with van der Waals surface area (Å²) in [4.78, 5) is 23.0. The number of carbonyl (C=O) groups excluding carboxylic acids is 2.